The summed E-state index contributed by atoms with van der Waals surface area (Å²) < 4.78 is 5.27. The van der Waals surface area contributed by atoms with Crippen LogP contribution in [0.15, 0.2) is 24.3 Å². The lowest BCUT2D eigenvalue weighted by Gasteiger charge is -2.18. The van der Waals surface area contributed by atoms with E-state index in [1.54, 1.807) is 12.0 Å². The third-order valence-electron chi connectivity index (χ3n) is 2.80. The van der Waals surface area contributed by atoms with Crippen molar-refractivity contribution in [2.75, 3.05) is 20.0 Å². The largest absolute Gasteiger partial charge is 0.496 e. The molecule has 0 bridgehead atoms. The first-order valence-corrected chi connectivity index (χ1v) is 6.64. The van der Waals surface area contributed by atoms with Crippen LogP contribution in [0.25, 0.3) is 0 Å². The van der Waals surface area contributed by atoms with E-state index in [-0.39, 0.29) is 5.91 Å². The number of ether oxygens (including phenoxy) is 1. The van der Waals surface area contributed by atoms with Crippen molar-refractivity contribution < 1.29 is 9.53 Å². The Labute approximate surface area is 114 Å². The maximum atomic E-state index is 11.9. The maximum Gasteiger partial charge on any atom is 0.222 e. The molecule has 1 aromatic rings. The Morgan fingerprint density at radius 3 is 2.72 bits per heavy atom. The van der Waals surface area contributed by atoms with Crippen LogP contribution in [0.2, 0.25) is 0 Å². The molecule has 1 amide bonds. The van der Waals surface area contributed by atoms with Crippen molar-refractivity contribution >= 4 is 17.5 Å². The average Bonchev–Trinajstić information content (AvgIpc) is 2.39. The first kappa shape index (κ1) is 14.8. The number of carbonyl (C=O) groups is 1. The standard InChI is InChI=1S/C14H20ClNO2/c1-16(14(17)9-5-6-10-15)11-12-7-3-4-8-13(12)18-2/h3-4,7-8H,5-6,9-11H2,1-2H3. The second-order valence-electron chi connectivity index (χ2n) is 4.21. The van der Waals surface area contributed by atoms with Crippen molar-refractivity contribution in [2.24, 2.45) is 0 Å². The number of halogens is 1. The first-order chi connectivity index (χ1) is 8.69. The molecule has 18 heavy (non-hydrogen) atoms. The second kappa shape index (κ2) is 7.98. The normalized spacial score (nSPS) is 10.2. The summed E-state index contributed by atoms with van der Waals surface area (Å²) in [6.07, 6.45) is 2.28. The Hall–Kier alpha value is -1.22. The topological polar surface area (TPSA) is 29.5 Å². The molecular formula is C14H20ClNO2. The van der Waals surface area contributed by atoms with Gasteiger partial charge < -0.3 is 9.64 Å². The number of alkyl halides is 1. The summed E-state index contributed by atoms with van der Waals surface area (Å²) in [5.74, 6) is 1.58. The molecule has 1 aromatic carbocycles. The van der Waals surface area contributed by atoms with Gasteiger partial charge in [0.25, 0.3) is 0 Å². The van der Waals surface area contributed by atoms with Crippen LogP contribution in [0.4, 0.5) is 0 Å². The highest BCUT2D eigenvalue weighted by molar-refractivity contribution is 6.17. The van der Waals surface area contributed by atoms with Crippen molar-refractivity contribution in [3.63, 3.8) is 0 Å². The van der Waals surface area contributed by atoms with E-state index in [1.165, 1.54) is 0 Å². The van der Waals surface area contributed by atoms with Gasteiger partial charge in [-0.3, -0.25) is 4.79 Å². The number of hydrogen-bond acceptors (Lipinski definition) is 2. The highest BCUT2D eigenvalue weighted by Crippen LogP contribution is 2.19. The van der Waals surface area contributed by atoms with Gasteiger partial charge in [-0.25, -0.2) is 0 Å². The van der Waals surface area contributed by atoms with Gasteiger partial charge in [0, 0.05) is 31.5 Å². The maximum absolute atomic E-state index is 11.9. The Morgan fingerprint density at radius 2 is 2.06 bits per heavy atom. The number of amides is 1. The zero-order valence-electron chi connectivity index (χ0n) is 11.0. The smallest absolute Gasteiger partial charge is 0.222 e. The van der Waals surface area contributed by atoms with Crippen molar-refractivity contribution in [3.8, 4) is 5.75 Å². The molecule has 0 atom stereocenters. The molecule has 0 saturated carbocycles. The third kappa shape index (κ3) is 4.57. The van der Waals surface area contributed by atoms with E-state index in [0.717, 1.165) is 24.2 Å². The van der Waals surface area contributed by atoms with Crippen molar-refractivity contribution in [1.29, 1.82) is 0 Å². The monoisotopic (exact) mass is 269 g/mol. The SMILES string of the molecule is COc1ccccc1CN(C)C(=O)CCCCCl. The van der Waals surface area contributed by atoms with Gasteiger partial charge in [-0.15, -0.1) is 11.6 Å². The van der Waals surface area contributed by atoms with Crippen LogP contribution in [0, 0.1) is 0 Å². The molecule has 1 rings (SSSR count). The number of rotatable bonds is 7. The summed E-state index contributed by atoms with van der Waals surface area (Å²) in [5, 5.41) is 0. The number of hydrogen-bond donors (Lipinski definition) is 0. The van der Waals surface area contributed by atoms with Gasteiger partial charge >= 0.3 is 0 Å². The molecule has 100 valence electrons. The van der Waals surface area contributed by atoms with Crippen LogP contribution < -0.4 is 4.74 Å². The summed E-state index contributed by atoms with van der Waals surface area (Å²) in [7, 11) is 3.45. The number of methoxy groups -OCH3 is 1. The molecule has 0 saturated heterocycles. The Balaban J connectivity index is 2.52. The van der Waals surface area contributed by atoms with Crippen LogP contribution in [0.1, 0.15) is 24.8 Å². The Bertz CT molecular complexity index is 382. The Kier molecular flexibility index (Phi) is 6.58. The number of unbranched alkanes of at least 4 members (excludes halogenated alkanes) is 1. The zero-order valence-corrected chi connectivity index (χ0v) is 11.7. The van der Waals surface area contributed by atoms with Crippen LogP contribution in [-0.4, -0.2) is 30.8 Å². The highest BCUT2D eigenvalue weighted by Gasteiger charge is 2.11. The van der Waals surface area contributed by atoms with Crippen molar-refractivity contribution in [1.82, 2.24) is 4.90 Å². The second-order valence-corrected chi connectivity index (χ2v) is 4.59. The van der Waals surface area contributed by atoms with Crippen LogP contribution in [0.3, 0.4) is 0 Å². The molecule has 0 aliphatic heterocycles. The molecule has 0 heterocycles. The molecule has 0 N–H and O–H groups in total. The molecule has 0 fully saturated rings. The predicted octanol–water partition coefficient (Wildman–Crippen LogP) is 3.06. The van der Waals surface area contributed by atoms with Crippen LogP contribution in [-0.2, 0) is 11.3 Å². The quantitative estimate of drug-likeness (QED) is 0.562. The molecule has 4 heteroatoms. The van der Waals surface area contributed by atoms with Gasteiger partial charge in [0.15, 0.2) is 0 Å². The van der Waals surface area contributed by atoms with Gasteiger partial charge in [0.2, 0.25) is 5.91 Å². The first-order valence-electron chi connectivity index (χ1n) is 6.11. The summed E-state index contributed by atoms with van der Waals surface area (Å²) in [6.45, 7) is 0.573. The lowest BCUT2D eigenvalue weighted by molar-refractivity contribution is -0.130. The van der Waals surface area contributed by atoms with E-state index in [4.69, 9.17) is 16.3 Å². The van der Waals surface area contributed by atoms with E-state index < -0.39 is 0 Å². The molecular weight excluding hydrogens is 250 g/mol. The van der Waals surface area contributed by atoms with Gasteiger partial charge in [0.05, 0.1) is 7.11 Å². The summed E-state index contributed by atoms with van der Waals surface area (Å²) in [4.78, 5) is 13.6. The van der Waals surface area contributed by atoms with E-state index in [9.17, 15) is 4.79 Å². The van der Waals surface area contributed by atoms with Crippen molar-refractivity contribution in [3.05, 3.63) is 29.8 Å². The van der Waals surface area contributed by atoms with Gasteiger partial charge in [-0.05, 0) is 18.9 Å². The van der Waals surface area contributed by atoms with Crippen LogP contribution >= 0.6 is 11.6 Å². The predicted molar refractivity (Wildman–Crippen MR) is 74.0 cm³/mol. The lowest BCUT2D eigenvalue weighted by Crippen LogP contribution is -2.26. The molecule has 0 aliphatic rings. The molecule has 0 unspecified atom stereocenters. The summed E-state index contributed by atoms with van der Waals surface area (Å²) in [5.41, 5.74) is 1.02. The van der Waals surface area contributed by atoms with Crippen LogP contribution in [0.5, 0.6) is 5.75 Å². The Morgan fingerprint density at radius 1 is 1.33 bits per heavy atom. The number of nitrogens with zero attached hydrogens (tertiary/aromatic N) is 1. The molecule has 0 radical (unpaired) electrons. The fourth-order valence-electron chi connectivity index (χ4n) is 1.74. The fraction of sp³-hybridized carbons (Fsp3) is 0.500. The summed E-state index contributed by atoms with van der Waals surface area (Å²) >= 11 is 5.59. The fourth-order valence-corrected chi connectivity index (χ4v) is 1.93. The van der Waals surface area contributed by atoms with E-state index in [1.807, 2.05) is 31.3 Å². The zero-order chi connectivity index (χ0) is 13.4. The highest BCUT2D eigenvalue weighted by atomic mass is 35.5. The minimum atomic E-state index is 0.144. The van der Waals surface area contributed by atoms with E-state index in [0.29, 0.717) is 18.8 Å². The third-order valence-corrected chi connectivity index (χ3v) is 3.07. The number of para-hydroxylation sites is 1. The van der Waals surface area contributed by atoms with Gasteiger partial charge in [-0.2, -0.15) is 0 Å². The average molecular weight is 270 g/mol. The summed E-state index contributed by atoms with van der Waals surface area (Å²) in [6, 6.07) is 7.75. The minimum Gasteiger partial charge on any atom is -0.496 e. The molecule has 0 aromatic heterocycles. The van der Waals surface area contributed by atoms with E-state index >= 15 is 0 Å². The lowest BCUT2D eigenvalue weighted by atomic mass is 10.1. The number of benzene rings is 1. The molecule has 3 nitrogen and oxygen atoms in total. The van der Waals surface area contributed by atoms with Gasteiger partial charge in [0.1, 0.15) is 5.75 Å². The van der Waals surface area contributed by atoms with E-state index in [2.05, 4.69) is 0 Å². The van der Waals surface area contributed by atoms with Crippen molar-refractivity contribution in [2.45, 2.75) is 25.8 Å². The molecule has 0 aliphatic carbocycles. The number of carbonyl (C=O) groups excluding carboxylic acids is 1. The van der Waals surface area contributed by atoms with Gasteiger partial charge in [-0.1, -0.05) is 18.2 Å². The molecule has 0 spiro atoms. The minimum absolute atomic E-state index is 0.144.